The molecule has 110 valence electrons. The van der Waals surface area contributed by atoms with Crippen LogP contribution in [0.5, 0.6) is 0 Å². The number of amides is 1. The fraction of sp³-hybridized carbons (Fsp3) is 0.562. The summed E-state index contributed by atoms with van der Waals surface area (Å²) in [6.45, 7) is 7.68. The summed E-state index contributed by atoms with van der Waals surface area (Å²) >= 11 is 0. The molecule has 2 rings (SSSR count). The third-order valence-corrected chi connectivity index (χ3v) is 3.33. The van der Waals surface area contributed by atoms with Crippen molar-refractivity contribution in [1.82, 2.24) is 10.6 Å². The number of carbonyl (C=O) groups excluding carboxylic acids is 1. The second kappa shape index (κ2) is 6.27. The highest BCUT2D eigenvalue weighted by Gasteiger charge is 2.25. The van der Waals surface area contributed by atoms with Gasteiger partial charge in [0.25, 0.3) is 0 Å². The van der Waals surface area contributed by atoms with Crippen molar-refractivity contribution < 1.29 is 9.53 Å². The Bertz CT molecular complexity index is 436. The van der Waals surface area contributed by atoms with E-state index in [9.17, 15) is 4.79 Å². The Morgan fingerprint density at radius 3 is 2.50 bits per heavy atom. The Labute approximate surface area is 120 Å². The fourth-order valence-corrected chi connectivity index (χ4v) is 2.26. The molecule has 1 aromatic rings. The van der Waals surface area contributed by atoms with Gasteiger partial charge in [0.05, 0.1) is 6.04 Å². The van der Waals surface area contributed by atoms with Crippen molar-refractivity contribution in [2.24, 2.45) is 5.92 Å². The molecule has 1 aliphatic rings. The minimum atomic E-state index is -0.469. The normalized spacial score (nSPS) is 17.1. The van der Waals surface area contributed by atoms with Crippen molar-refractivity contribution in [3.8, 4) is 0 Å². The van der Waals surface area contributed by atoms with Gasteiger partial charge in [0.1, 0.15) is 5.60 Å². The highest BCUT2D eigenvalue weighted by atomic mass is 16.6. The van der Waals surface area contributed by atoms with Crippen LogP contribution < -0.4 is 10.6 Å². The molecular weight excluding hydrogens is 252 g/mol. The zero-order valence-corrected chi connectivity index (χ0v) is 12.5. The number of hydrogen-bond donors (Lipinski definition) is 2. The Morgan fingerprint density at radius 1 is 1.35 bits per heavy atom. The molecule has 0 saturated carbocycles. The number of hydrogen-bond acceptors (Lipinski definition) is 3. The number of alkyl carbamates (subject to hydrolysis) is 1. The smallest absolute Gasteiger partial charge is 0.408 e. The van der Waals surface area contributed by atoms with E-state index in [1.807, 2.05) is 51.1 Å². The van der Waals surface area contributed by atoms with Crippen molar-refractivity contribution in [3.05, 3.63) is 35.9 Å². The molecule has 0 bridgehead atoms. The molecule has 0 aliphatic carbocycles. The summed E-state index contributed by atoms with van der Waals surface area (Å²) in [6.07, 6.45) is 0.592. The molecule has 1 unspecified atom stereocenters. The van der Waals surface area contributed by atoms with Gasteiger partial charge in [0, 0.05) is 0 Å². The minimum Gasteiger partial charge on any atom is -0.444 e. The van der Waals surface area contributed by atoms with Crippen LogP contribution in [-0.4, -0.2) is 24.8 Å². The van der Waals surface area contributed by atoms with Gasteiger partial charge < -0.3 is 15.4 Å². The third-order valence-electron chi connectivity index (χ3n) is 3.33. The van der Waals surface area contributed by atoms with Crippen LogP contribution in [0.4, 0.5) is 4.79 Å². The topological polar surface area (TPSA) is 50.4 Å². The average molecular weight is 276 g/mol. The number of nitrogens with one attached hydrogen (secondary N) is 2. The molecule has 1 fully saturated rings. The Morgan fingerprint density at radius 2 is 2.00 bits per heavy atom. The first-order chi connectivity index (χ1) is 9.44. The Hall–Kier alpha value is -1.55. The van der Waals surface area contributed by atoms with Gasteiger partial charge in [-0.3, -0.25) is 0 Å². The van der Waals surface area contributed by atoms with Gasteiger partial charge in [-0.05, 0) is 51.8 Å². The maximum atomic E-state index is 12.0. The summed E-state index contributed by atoms with van der Waals surface area (Å²) in [7, 11) is 0. The quantitative estimate of drug-likeness (QED) is 0.889. The first kappa shape index (κ1) is 14.9. The van der Waals surface area contributed by atoms with Crippen molar-refractivity contribution >= 4 is 6.09 Å². The molecule has 0 spiro atoms. The van der Waals surface area contributed by atoms with E-state index < -0.39 is 5.60 Å². The van der Waals surface area contributed by atoms with E-state index in [0.717, 1.165) is 25.1 Å². The van der Waals surface area contributed by atoms with Crippen LogP contribution in [0.1, 0.15) is 38.8 Å². The monoisotopic (exact) mass is 276 g/mol. The molecule has 2 N–H and O–H groups in total. The van der Waals surface area contributed by atoms with E-state index in [-0.39, 0.29) is 12.1 Å². The second-order valence-corrected chi connectivity index (χ2v) is 6.37. The first-order valence-corrected chi connectivity index (χ1v) is 7.19. The summed E-state index contributed by atoms with van der Waals surface area (Å²) in [5, 5.41) is 6.27. The molecule has 4 nitrogen and oxygen atoms in total. The van der Waals surface area contributed by atoms with Crippen LogP contribution in [0, 0.1) is 5.92 Å². The van der Waals surface area contributed by atoms with Crippen molar-refractivity contribution in [1.29, 1.82) is 0 Å². The molecule has 0 radical (unpaired) electrons. The number of rotatable bonds is 4. The van der Waals surface area contributed by atoms with Gasteiger partial charge in [0.15, 0.2) is 0 Å². The molecule has 1 aromatic carbocycles. The van der Waals surface area contributed by atoms with Crippen LogP contribution in [0.3, 0.4) is 0 Å². The van der Waals surface area contributed by atoms with E-state index in [2.05, 4.69) is 10.6 Å². The SMILES string of the molecule is CC(C)(C)OC(=O)NC(CC1CNC1)c1ccccc1. The standard InChI is InChI=1S/C16H24N2O2/c1-16(2,3)20-15(19)18-14(9-12-10-17-11-12)13-7-5-4-6-8-13/h4-8,12,14,17H,9-11H2,1-3H3,(H,18,19). The number of carbonyl (C=O) groups is 1. The summed E-state index contributed by atoms with van der Waals surface area (Å²) in [5.41, 5.74) is 0.661. The largest absolute Gasteiger partial charge is 0.444 e. The van der Waals surface area contributed by atoms with Gasteiger partial charge in [0.2, 0.25) is 0 Å². The molecule has 1 heterocycles. The third kappa shape index (κ3) is 4.53. The molecule has 1 saturated heterocycles. The summed E-state index contributed by atoms with van der Waals surface area (Å²) in [6, 6.07) is 10.1. The van der Waals surface area contributed by atoms with Gasteiger partial charge in [-0.1, -0.05) is 30.3 Å². The van der Waals surface area contributed by atoms with Crippen LogP contribution in [0.15, 0.2) is 30.3 Å². The zero-order valence-electron chi connectivity index (χ0n) is 12.5. The van der Waals surface area contributed by atoms with E-state index >= 15 is 0 Å². The molecule has 4 heteroatoms. The van der Waals surface area contributed by atoms with E-state index in [1.54, 1.807) is 0 Å². The number of ether oxygens (including phenoxy) is 1. The predicted molar refractivity (Wildman–Crippen MR) is 79.5 cm³/mol. The Kier molecular flexibility index (Phi) is 4.65. The summed E-state index contributed by atoms with van der Waals surface area (Å²) in [4.78, 5) is 12.0. The Balaban J connectivity index is 2.00. The highest BCUT2D eigenvalue weighted by Crippen LogP contribution is 2.24. The second-order valence-electron chi connectivity index (χ2n) is 6.37. The van der Waals surface area contributed by atoms with E-state index in [0.29, 0.717) is 5.92 Å². The molecule has 20 heavy (non-hydrogen) atoms. The zero-order chi connectivity index (χ0) is 14.6. The van der Waals surface area contributed by atoms with Crippen LogP contribution in [0.2, 0.25) is 0 Å². The molecular formula is C16H24N2O2. The maximum absolute atomic E-state index is 12.0. The lowest BCUT2D eigenvalue weighted by Crippen LogP contribution is -2.45. The van der Waals surface area contributed by atoms with Crippen molar-refractivity contribution in [2.45, 2.75) is 38.8 Å². The number of benzene rings is 1. The van der Waals surface area contributed by atoms with E-state index in [4.69, 9.17) is 4.74 Å². The first-order valence-electron chi connectivity index (χ1n) is 7.19. The van der Waals surface area contributed by atoms with Gasteiger partial charge >= 0.3 is 6.09 Å². The average Bonchev–Trinajstić information content (AvgIpc) is 2.31. The maximum Gasteiger partial charge on any atom is 0.408 e. The van der Waals surface area contributed by atoms with Gasteiger partial charge in [-0.15, -0.1) is 0 Å². The van der Waals surface area contributed by atoms with Crippen molar-refractivity contribution in [3.63, 3.8) is 0 Å². The van der Waals surface area contributed by atoms with Gasteiger partial charge in [-0.2, -0.15) is 0 Å². The fourth-order valence-electron chi connectivity index (χ4n) is 2.26. The predicted octanol–water partition coefficient (Wildman–Crippen LogP) is 2.86. The lowest BCUT2D eigenvalue weighted by atomic mass is 9.91. The lowest BCUT2D eigenvalue weighted by molar-refractivity contribution is 0.0493. The minimum absolute atomic E-state index is 0.0122. The molecule has 1 amide bonds. The molecule has 1 atom stereocenters. The van der Waals surface area contributed by atoms with Gasteiger partial charge in [-0.25, -0.2) is 4.79 Å². The van der Waals surface area contributed by atoms with Crippen molar-refractivity contribution in [2.75, 3.05) is 13.1 Å². The molecule has 0 aromatic heterocycles. The highest BCUT2D eigenvalue weighted by molar-refractivity contribution is 5.68. The summed E-state index contributed by atoms with van der Waals surface area (Å²) < 4.78 is 5.36. The van der Waals surface area contributed by atoms with Crippen LogP contribution in [0.25, 0.3) is 0 Å². The van der Waals surface area contributed by atoms with E-state index in [1.165, 1.54) is 0 Å². The summed E-state index contributed by atoms with van der Waals surface area (Å²) in [5.74, 6) is 0.621. The van der Waals surface area contributed by atoms with Crippen LogP contribution in [-0.2, 0) is 4.74 Å². The van der Waals surface area contributed by atoms with Crippen LogP contribution >= 0.6 is 0 Å². The lowest BCUT2D eigenvalue weighted by Gasteiger charge is -2.32. The molecule has 1 aliphatic heterocycles.